The van der Waals surface area contributed by atoms with Crippen molar-refractivity contribution in [3.05, 3.63) is 24.3 Å². The first-order valence-corrected chi connectivity index (χ1v) is 6.06. The Hall–Kier alpha value is -0.890. The van der Waals surface area contributed by atoms with Crippen LogP contribution in [0.2, 0.25) is 0 Å². The normalized spacial score (nSPS) is 33.4. The van der Waals surface area contributed by atoms with Crippen molar-refractivity contribution in [3.8, 4) is 5.75 Å². The Morgan fingerprint density at radius 3 is 2.76 bits per heavy atom. The van der Waals surface area contributed by atoms with Crippen LogP contribution in [0.25, 0.3) is 0 Å². The second kappa shape index (κ2) is 5.18. The molecule has 0 aromatic carbocycles. The summed E-state index contributed by atoms with van der Waals surface area (Å²) in [5.41, 5.74) is -0.753. The van der Waals surface area contributed by atoms with Crippen molar-refractivity contribution in [3.63, 3.8) is 0 Å². The van der Waals surface area contributed by atoms with Crippen LogP contribution in [0.1, 0.15) is 0 Å². The average Bonchev–Trinajstić information content (AvgIpc) is 2.30. The van der Waals surface area contributed by atoms with Crippen molar-refractivity contribution in [2.24, 2.45) is 0 Å². The smallest absolute Gasteiger partial charge is 0.173 e. The van der Waals surface area contributed by atoms with E-state index in [0.717, 1.165) is 24.0 Å². The molecule has 0 bridgehead atoms. The van der Waals surface area contributed by atoms with Crippen LogP contribution in [-0.2, 0) is 0 Å². The Kier molecular flexibility index (Phi) is 3.82. The van der Waals surface area contributed by atoms with Crippen LogP contribution in [-0.4, -0.2) is 49.8 Å². The molecule has 5 nitrogen and oxygen atoms in total. The number of hydrogen-bond donors (Lipinski definition) is 3. The number of hydrogen-bond acceptors (Lipinski definition) is 6. The van der Waals surface area contributed by atoms with Crippen molar-refractivity contribution >= 4 is 11.8 Å². The SMILES string of the molecule is O[C@@H]1[C@@H](O)[C@H](Oc2cncc(F)c2)SC[C@H]1O. The first-order valence-electron chi connectivity index (χ1n) is 5.01. The summed E-state index contributed by atoms with van der Waals surface area (Å²) in [6.07, 6.45) is -1.13. The Morgan fingerprint density at radius 1 is 1.29 bits per heavy atom. The summed E-state index contributed by atoms with van der Waals surface area (Å²) in [5.74, 6) is -0.130. The maximum Gasteiger partial charge on any atom is 0.173 e. The monoisotopic (exact) mass is 261 g/mol. The molecule has 1 fully saturated rings. The lowest BCUT2D eigenvalue weighted by atomic mass is 10.1. The van der Waals surface area contributed by atoms with Gasteiger partial charge in [-0.15, -0.1) is 11.8 Å². The highest BCUT2D eigenvalue weighted by Crippen LogP contribution is 2.28. The Bertz CT molecular complexity index is 394. The number of aromatic nitrogens is 1. The molecule has 1 aromatic rings. The van der Waals surface area contributed by atoms with Gasteiger partial charge >= 0.3 is 0 Å². The van der Waals surface area contributed by atoms with Gasteiger partial charge in [-0.1, -0.05) is 0 Å². The maximum absolute atomic E-state index is 12.9. The summed E-state index contributed by atoms with van der Waals surface area (Å²) >= 11 is 1.15. The third-order valence-corrected chi connectivity index (χ3v) is 3.62. The second-order valence-electron chi connectivity index (χ2n) is 3.71. The lowest BCUT2D eigenvalue weighted by Gasteiger charge is -2.34. The molecule has 2 heterocycles. The molecule has 94 valence electrons. The van der Waals surface area contributed by atoms with E-state index in [1.807, 2.05) is 0 Å². The minimum atomic E-state index is -1.26. The van der Waals surface area contributed by atoms with Crippen molar-refractivity contribution in [2.45, 2.75) is 23.7 Å². The minimum absolute atomic E-state index is 0.171. The van der Waals surface area contributed by atoms with Crippen LogP contribution in [0.15, 0.2) is 18.5 Å². The first-order chi connectivity index (χ1) is 8.08. The fraction of sp³-hybridized carbons (Fsp3) is 0.500. The van der Waals surface area contributed by atoms with Crippen molar-refractivity contribution in [2.75, 3.05) is 5.75 Å². The zero-order valence-electron chi connectivity index (χ0n) is 8.73. The van der Waals surface area contributed by atoms with E-state index >= 15 is 0 Å². The zero-order valence-corrected chi connectivity index (χ0v) is 9.55. The molecule has 0 radical (unpaired) electrons. The Balaban J connectivity index is 2.04. The Morgan fingerprint density at radius 2 is 2.06 bits per heavy atom. The van der Waals surface area contributed by atoms with Gasteiger partial charge in [-0.3, -0.25) is 4.98 Å². The van der Waals surface area contributed by atoms with Gasteiger partial charge in [0.05, 0.1) is 18.5 Å². The van der Waals surface area contributed by atoms with E-state index in [2.05, 4.69) is 4.98 Å². The maximum atomic E-state index is 12.9. The number of pyridine rings is 1. The summed E-state index contributed by atoms with van der Waals surface area (Å²) in [4.78, 5) is 3.61. The molecule has 0 unspecified atom stereocenters. The molecule has 7 heteroatoms. The van der Waals surface area contributed by atoms with Gasteiger partial charge in [-0.2, -0.15) is 0 Å². The number of rotatable bonds is 2. The zero-order chi connectivity index (χ0) is 12.4. The molecule has 0 saturated carbocycles. The molecule has 2 rings (SSSR count). The topological polar surface area (TPSA) is 82.8 Å². The predicted molar refractivity (Wildman–Crippen MR) is 59.1 cm³/mol. The van der Waals surface area contributed by atoms with E-state index < -0.39 is 29.6 Å². The average molecular weight is 261 g/mol. The summed E-state index contributed by atoms with van der Waals surface area (Å²) in [5, 5.41) is 28.5. The van der Waals surface area contributed by atoms with Gasteiger partial charge < -0.3 is 20.1 Å². The quantitative estimate of drug-likeness (QED) is 0.681. The van der Waals surface area contributed by atoms with Gasteiger partial charge in [0.15, 0.2) is 5.44 Å². The second-order valence-corrected chi connectivity index (χ2v) is 4.84. The van der Waals surface area contributed by atoms with Crippen molar-refractivity contribution in [1.82, 2.24) is 4.98 Å². The highest BCUT2D eigenvalue weighted by Gasteiger charge is 2.38. The molecule has 0 amide bonds. The Labute approximate surface area is 101 Å². The van der Waals surface area contributed by atoms with Crippen LogP contribution in [0.4, 0.5) is 4.39 Å². The van der Waals surface area contributed by atoms with Gasteiger partial charge in [0.1, 0.15) is 23.8 Å². The van der Waals surface area contributed by atoms with Crippen LogP contribution < -0.4 is 4.74 Å². The lowest BCUT2D eigenvalue weighted by molar-refractivity contribution is -0.0786. The fourth-order valence-corrected chi connectivity index (χ4v) is 2.60. The largest absolute Gasteiger partial charge is 0.475 e. The summed E-state index contributed by atoms with van der Waals surface area (Å²) in [6.45, 7) is 0. The fourth-order valence-electron chi connectivity index (χ4n) is 1.47. The van der Waals surface area contributed by atoms with Crippen molar-refractivity contribution in [1.29, 1.82) is 0 Å². The van der Waals surface area contributed by atoms with E-state index in [1.54, 1.807) is 0 Å². The third-order valence-electron chi connectivity index (χ3n) is 2.39. The van der Waals surface area contributed by atoms with Crippen LogP contribution in [0.3, 0.4) is 0 Å². The van der Waals surface area contributed by atoms with E-state index in [0.29, 0.717) is 0 Å². The van der Waals surface area contributed by atoms with Gasteiger partial charge in [-0.05, 0) is 0 Å². The number of thioether (sulfide) groups is 1. The molecule has 0 spiro atoms. The number of halogens is 1. The van der Waals surface area contributed by atoms with E-state index in [1.165, 1.54) is 6.20 Å². The number of ether oxygens (including phenoxy) is 1. The van der Waals surface area contributed by atoms with Gasteiger partial charge in [-0.25, -0.2) is 4.39 Å². The summed E-state index contributed by atoms with van der Waals surface area (Å²) < 4.78 is 18.2. The number of nitrogens with zero attached hydrogens (tertiary/aromatic N) is 1. The molecule has 1 aromatic heterocycles. The van der Waals surface area contributed by atoms with Gasteiger partial charge in [0.2, 0.25) is 0 Å². The molecule has 0 aliphatic carbocycles. The molecule has 4 atom stereocenters. The molecule has 1 saturated heterocycles. The predicted octanol–water partition coefficient (Wildman–Crippen LogP) is -0.245. The highest BCUT2D eigenvalue weighted by molar-refractivity contribution is 7.99. The van der Waals surface area contributed by atoms with Gasteiger partial charge in [0.25, 0.3) is 0 Å². The van der Waals surface area contributed by atoms with Crippen LogP contribution in [0.5, 0.6) is 5.75 Å². The standard InChI is InChI=1S/C10H12FNO4S/c11-5-1-6(3-12-2-5)16-10-9(15)8(14)7(13)4-17-10/h1-3,7-10,13-15H,4H2/t7-,8+,9-,10-/m1/s1. The highest BCUT2D eigenvalue weighted by atomic mass is 32.2. The molecular weight excluding hydrogens is 249 g/mol. The molecule has 1 aliphatic rings. The van der Waals surface area contributed by atoms with Crippen molar-refractivity contribution < 1.29 is 24.4 Å². The minimum Gasteiger partial charge on any atom is -0.475 e. The molecule has 17 heavy (non-hydrogen) atoms. The molecular formula is C10H12FNO4S. The summed E-state index contributed by atoms with van der Waals surface area (Å²) in [6, 6.07) is 1.14. The van der Waals surface area contributed by atoms with E-state index in [9.17, 15) is 19.7 Å². The van der Waals surface area contributed by atoms with Crippen LogP contribution in [0, 0.1) is 5.82 Å². The molecule has 3 N–H and O–H groups in total. The summed E-state index contributed by atoms with van der Waals surface area (Å²) in [7, 11) is 0. The first kappa shape index (κ1) is 12.6. The van der Waals surface area contributed by atoms with Gasteiger partial charge in [0, 0.05) is 11.8 Å². The van der Waals surface area contributed by atoms with E-state index in [4.69, 9.17) is 4.74 Å². The lowest BCUT2D eigenvalue weighted by Crippen LogP contribution is -2.50. The third kappa shape index (κ3) is 2.86. The van der Waals surface area contributed by atoms with E-state index in [-0.39, 0.29) is 11.5 Å². The molecule has 1 aliphatic heterocycles. The number of aliphatic hydroxyl groups excluding tert-OH is 3. The number of aliphatic hydroxyl groups is 3. The van der Waals surface area contributed by atoms with Crippen LogP contribution >= 0.6 is 11.8 Å².